The lowest BCUT2D eigenvalue weighted by Crippen LogP contribution is -2.43. The zero-order valence-electron chi connectivity index (χ0n) is 14.5. The third-order valence-corrected chi connectivity index (χ3v) is 4.09. The largest absolute Gasteiger partial charge is 0.384 e. The van der Waals surface area contributed by atoms with Gasteiger partial charge in [0.25, 0.3) is 5.91 Å². The molecule has 1 aromatic carbocycles. The minimum atomic E-state index is -0.404. The van der Waals surface area contributed by atoms with Gasteiger partial charge in [-0.05, 0) is 12.1 Å². The van der Waals surface area contributed by atoms with Crippen molar-refractivity contribution >= 4 is 17.5 Å². The van der Waals surface area contributed by atoms with Crippen LogP contribution in [-0.2, 0) is 14.3 Å². The molecule has 1 aliphatic heterocycles. The number of nitrogens with zero attached hydrogens (tertiary/aromatic N) is 2. The van der Waals surface area contributed by atoms with Crippen LogP contribution in [0.15, 0.2) is 40.9 Å². The molecule has 1 aromatic heterocycles. The van der Waals surface area contributed by atoms with E-state index in [0.29, 0.717) is 37.8 Å². The van der Waals surface area contributed by atoms with Gasteiger partial charge in [0.2, 0.25) is 5.91 Å². The quantitative estimate of drug-likeness (QED) is 0.846. The van der Waals surface area contributed by atoms with E-state index in [1.807, 2.05) is 18.2 Å². The Labute approximate surface area is 151 Å². The van der Waals surface area contributed by atoms with Crippen molar-refractivity contribution in [2.45, 2.75) is 12.5 Å². The van der Waals surface area contributed by atoms with Crippen molar-refractivity contribution in [3.63, 3.8) is 0 Å². The number of hydrogen-bond acceptors (Lipinski definition) is 6. The lowest BCUT2D eigenvalue weighted by atomic mass is 10.1. The highest BCUT2D eigenvalue weighted by Crippen LogP contribution is 2.26. The highest BCUT2D eigenvalue weighted by Gasteiger charge is 2.32. The van der Waals surface area contributed by atoms with Crippen LogP contribution in [0, 0.1) is 0 Å². The molecule has 1 aliphatic rings. The average molecular weight is 359 g/mol. The van der Waals surface area contributed by atoms with E-state index in [1.54, 1.807) is 30.2 Å². The number of hydrogen-bond donors (Lipinski definition) is 1. The maximum absolute atomic E-state index is 12.4. The molecule has 0 radical (unpaired) electrons. The first-order valence-electron chi connectivity index (χ1n) is 8.38. The Hall–Kier alpha value is -2.71. The number of para-hydroxylation sites is 1. The summed E-state index contributed by atoms with van der Waals surface area (Å²) >= 11 is 0. The van der Waals surface area contributed by atoms with Gasteiger partial charge in [-0.2, -0.15) is 0 Å². The summed E-state index contributed by atoms with van der Waals surface area (Å²) in [6.45, 7) is 1.57. The molecule has 3 rings (SSSR count). The molecule has 1 saturated heterocycles. The summed E-state index contributed by atoms with van der Waals surface area (Å²) in [5.74, 6) is 0.000651. The van der Waals surface area contributed by atoms with Crippen LogP contribution in [0.4, 0.5) is 5.69 Å². The maximum atomic E-state index is 12.4. The molecule has 1 fully saturated rings. The Morgan fingerprint density at radius 1 is 1.35 bits per heavy atom. The smallest absolute Gasteiger partial charge is 0.277 e. The van der Waals surface area contributed by atoms with Gasteiger partial charge in [0.15, 0.2) is 11.5 Å². The van der Waals surface area contributed by atoms with E-state index < -0.39 is 6.04 Å². The molecule has 0 bridgehead atoms. The molecule has 0 spiro atoms. The molecule has 2 heterocycles. The number of amides is 2. The van der Waals surface area contributed by atoms with Crippen LogP contribution >= 0.6 is 0 Å². The number of anilines is 1. The van der Waals surface area contributed by atoms with E-state index in [-0.39, 0.29) is 23.9 Å². The second-order valence-electron chi connectivity index (χ2n) is 5.86. The van der Waals surface area contributed by atoms with Crippen molar-refractivity contribution in [1.82, 2.24) is 10.1 Å². The summed E-state index contributed by atoms with van der Waals surface area (Å²) in [7, 11) is 1.55. The number of carbonyl (C=O) groups excluding carboxylic acids is 2. The number of ether oxygens (including phenoxy) is 2. The maximum Gasteiger partial charge on any atom is 0.277 e. The van der Waals surface area contributed by atoms with Crippen LogP contribution in [-0.4, -0.2) is 55.3 Å². The molecule has 1 N–H and O–H groups in total. The third kappa shape index (κ3) is 4.27. The van der Waals surface area contributed by atoms with Crippen molar-refractivity contribution in [2.24, 2.45) is 0 Å². The van der Waals surface area contributed by atoms with Gasteiger partial charge in [0, 0.05) is 25.4 Å². The van der Waals surface area contributed by atoms with Crippen LogP contribution < -0.4 is 5.32 Å². The number of carbonyl (C=O) groups is 2. The van der Waals surface area contributed by atoms with E-state index in [1.165, 1.54) is 0 Å². The molecule has 8 nitrogen and oxygen atoms in total. The fourth-order valence-electron chi connectivity index (χ4n) is 2.74. The van der Waals surface area contributed by atoms with Crippen LogP contribution in [0.1, 0.15) is 28.7 Å². The van der Waals surface area contributed by atoms with E-state index in [0.717, 1.165) is 0 Å². The Kier molecular flexibility index (Phi) is 5.98. The first-order chi connectivity index (χ1) is 12.7. The van der Waals surface area contributed by atoms with E-state index in [2.05, 4.69) is 10.5 Å². The van der Waals surface area contributed by atoms with Gasteiger partial charge in [-0.3, -0.25) is 9.59 Å². The SMILES string of the molecule is COCCC(=O)N1CCOCC1c1cc(C(=O)Nc2ccccc2)no1. The van der Waals surface area contributed by atoms with Crippen LogP contribution in [0.2, 0.25) is 0 Å². The van der Waals surface area contributed by atoms with Gasteiger partial charge >= 0.3 is 0 Å². The molecule has 26 heavy (non-hydrogen) atoms. The Balaban J connectivity index is 1.70. The van der Waals surface area contributed by atoms with Gasteiger partial charge in [-0.15, -0.1) is 0 Å². The summed E-state index contributed by atoms with van der Waals surface area (Å²) in [4.78, 5) is 26.4. The summed E-state index contributed by atoms with van der Waals surface area (Å²) in [5.41, 5.74) is 0.818. The summed E-state index contributed by atoms with van der Waals surface area (Å²) < 4.78 is 15.8. The molecule has 2 amide bonds. The first-order valence-corrected chi connectivity index (χ1v) is 8.38. The minimum absolute atomic E-state index is 0.0492. The Bertz CT molecular complexity index is 746. The second kappa shape index (κ2) is 8.59. The lowest BCUT2D eigenvalue weighted by molar-refractivity contribution is -0.142. The molecule has 138 valence electrons. The number of benzene rings is 1. The molecular weight excluding hydrogens is 338 g/mol. The van der Waals surface area contributed by atoms with Crippen molar-refractivity contribution in [3.8, 4) is 0 Å². The number of morpholine rings is 1. The zero-order chi connectivity index (χ0) is 18.4. The van der Waals surface area contributed by atoms with Gasteiger partial charge < -0.3 is 24.2 Å². The highest BCUT2D eigenvalue weighted by atomic mass is 16.5. The Morgan fingerprint density at radius 2 is 2.15 bits per heavy atom. The summed E-state index contributed by atoms with van der Waals surface area (Å²) in [6, 6.07) is 10.2. The van der Waals surface area contributed by atoms with Crippen LogP contribution in [0.25, 0.3) is 0 Å². The average Bonchev–Trinajstić information content (AvgIpc) is 3.17. The van der Waals surface area contributed by atoms with Crippen LogP contribution in [0.5, 0.6) is 0 Å². The Morgan fingerprint density at radius 3 is 2.92 bits per heavy atom. The minimum Gasteiger partial charge on any atom is -0.384 e. The molecule has 0 aliphatic carbocycles. The van der Waals surface area contributed by atoms with Crippen molar-refractivity contribution in [1.29, 1.82) is 0 Å². The fraction of sp³-hybridized carbons (Fsp3) is 0.389. The fourth-order valence-corrected chi connectivity index (χ4v) is 2.74. The highest BCUT2D eigenvalue weighted by molar-refractivity contribution is 6.02. The van der Waals surface area contributed by atoms with Crippen molar-refractivity contribution in [3.05, 3.63) is 47.9 Å². The topological polar surface area (TPSA) is 93.9 Å². The van der Waals surface area contributed by atoms with Gasteiger partial charge in [-0.25, -0.2) is 0 Å². The molecular formula is C18H21N3O5. The van der Waals surface area contributed by atoms with E-state index in [9.17, 15) is 9.59 Å². The van der Waals surface area contributed by atoms with E-state index >= 15 is 0 Å². The van der Waals surface area contributed by atoms with Crippen LogP contribution in [0.3, 0.4) is 0 Å². The number of aromatic nitrogens is 1. The lowest BCUT2D eigenvalue weighted by Gasteiger charge is -2.34. The third-order valence-electron chi connectivity index (χ3n) is 4.09. The predicted molar refractivity (Wildman–Crippen MR) is 92.7 cm³/mol. The van der Waals surface area contributed by atoms with Crippen molar-refractivity contribution < 1.29 is 23.6 Å². The number of rotatable bonds is 6. The van der Waals surface area contributed by atoms with Gasteiger partial charge in [0.1, 0.15) is 6.04 Å². The molecule has 2 aromatic rings. The monoisotopic (exact) mass is 359 g/mol. The molecule has 8 heteroatoms. The molecule has 1 unspecified atom stereocenters. The standard InChI is InChI=1S/C18H21N3O5/c1-24-9-7-17(22)21-8-10-25-12-15(21)16-11-14(20-26-16)18(23)19-13-5-3-2-4-6-13/h2-6,11,15H,7-10,12H2,1H3,(H,19,23). The first kappa shape index (κ1) is 18.1. The number of methoxy groups -OCH3 is 1. The van der Waals surface area contributed by atoms with Gasteiger partial charge in [-0.1, -0.05) is 23.4 Å². The zero-order valence-corrected chi connectivity index (χ0v) is 14.5. The summed E-state index contributed by atoms with van der Waals surface area (Å²) in [5, 5.41) is 6.58. The van der Waals surface area contributed by atoms with E-state index in [4.69, 9.17) is 14.0 Å². The summed E-state index contributed by atoms with van der Waals surface area (Å²) in [6.07, 6.45) is 0.280. The van der Waals surface area contributed by atoms with Gasteiger partial charge in [0.05, 0.1) is 26.2 Å². The predicted octanol–water partition coefficient (Wildman–Crippen LogP) is 1.86. The molecule has 1 atom stereocenters. The van der Waals surface area contributed by atoms with Crippen molar-refractivity contribution in [2.75, 3.05) is 38.8 Å². The normalized spacial score (nSPS) is 17.1. The number of nitrogens with one attached hydrogen (secondary N) is 1. The molecule has 0 saturated carbocycles. The second-order valence-corrected chi connectivity index (χ2v) is 5.86.